The number of aliphatic carboxylic acids is 1. The van der Waals surface area contributed by atoms with Crippen molar-refractivity contribution in [3.05, 3.63) is 0 Å². The topological polar surface area (TPSA) is 83.6 Å². The van der Waals surface area contributed by atoms with E-state index in [9.17, 15) is 9.59 Å². The van der Waals surface area contributed by atoms with Gasteiger partial charge < -0.3 is 15.7 Å². The Labute approximate surface area is 102 Å². The van der Waals surface area contributed by atoms with E-state index in [2.05, 4.69) is 0 Å². The molecule has 0 saturated carbocycles. The van der Waals surface area contributed by atoms with Crippen molar-refractivity contribution < 1.29 is 14.7 Å². The summed E-state index contributed by atoms with van der Waals surface area (Å²) in [6, 6.07) is -0.469. The van der Waals surface area contributed by atoms with Crippen LogP contribution in [0.5, 0.6) is 0 Å². The van der Waals surface area contributed by atoms with Crippen LogP contribution in [0.4, 0.5) is 0 Å². The Morgan fingerprint density at radius 3 is 2.65 bits per heavy atom. The van der Waals surface area contributed by atoms with Gasteiger partial charge in [0.25, 0.3) is 0 Å². The van der Waals surface area contributed by atoms with Crippen LogP contribution in [0.2, 0.25) is 0 Å². The van der Waals surface area contributed by atoms with E-state index in [1.807, 2.05) is 6.92 Å². The fraction of sp³-hybridized carbons (Fsp3) is 0.833. The van der Waals surface area contributed by atoms with Gasteiger partial charge in [-0.05, 0) is 31.6 Å². The van der Waals surface area contributed by atoms with Crippen LogP contribution in [0, 0.1) is 11.8 Å². The first-order valence-electron chi connectivity index (χ1n) is 6.18. The van der Waals surface area contributed by atoms with Crippen molar-refractivity contribution in [1.82, 2.24) is 4.90 Å². The minimum atomic E-state index is -0.770. The minimum absolute atomic E-state index is 0.0303. The third kappa shape index (κ3) is 4.00. The second-order valence-corrected chi connectivity index (χ2v) is 5.05. The molecule has 0 aromatic heterocycles. The van der Waals surface area contributed by atoms with Gasteiger partial charge in [-0.2, -0.15) is 0 Å². The predicted molar refractivity (Wildman–Crippen MR) is 64.4 cm³/mol. The fourth-order valence-electron chi connectivity index (χ4n) is 2.40. The summed E-state index contributed by atoms with van der Waals surface area (Å²) in [5.74, 6) is -0.413. The average molecular weight is 242 g/mol. The first kappa shape index (κ1) is 14.0. The Hall–Kier alpha value is -1.10. The molecule has 1 rings (SSSR count). The van der Waals surface area contributed by atoms with E-state index in [1.165, 1.54) is 0 Å². The lowest BCUT2D eigenvalue weighted by Gasteiger charge is -2.36. The number of carboxylic acid groups (broad SMARTS) is 1. The molecule has 0 aliphatic carbocycles. The average Bonchev–Trinajstić information content (AvgIpc) is 2.27. The molecule has 5 nitrogen and oxygen atoms in total. The van der Waals surface area contributed by atoms with Crippen LogP contribution in [-0.2, 0) is 9.59 Å². The monoisotopic (exact) mass is 242 g/mol. The summed E-state index contributed by atoms with van der Waals surface area (Å²) < 4.78 is 0. The standard InChI is InChI=1S/C12H22N2O3/c1-8(6-11(15)16)10-4-3-5-14(7-10)12(17)9(2)13/h8-10H,3-7,13H2,1-2H3,(H,15,16)/t8?,9-,10?/m0/s1. The highest BCUT2D eigenvalue weighted by Crippen LogP contribution is 2.26. The Morgan fingerprint density at radius 1 is 1.47 bits per heavy atom. The van der Waals surface area contributed by atoms with Crippen molar-refractivity contribution in [3.8, 4) is 0 Å². The van der Waals surface area contributed by atoms with Crippen molar-refractivity contribution in [3.63, 3.8) is 0 Å². The van der Waals surface area contributed by atoms with Crippen molar-refractivity contribution in [2.75, 3.05) is 13.1 Å². The maximum absolute atomic E-state index is 11.8. The van der Waals surface area contributed by atoms with Gasteiger partial charge in [-0.3, -0.25) is 9.59 Å². The van der Waals surface area contributed by atoms with Gasteiger partial charge in [-0.1, -0.05) is 6.92 Å². The van der Waals surface area contributed by atoms with E-state index in [1.54, 1.807) is 11.8 Å². The van der Waals surface area contributed by atoms with Gasteiger partial charge in [0.2, 0.25) is 5.91 Å². The number of hydrogen-bond donors (Lipinski definition) is 2. The molecule has 0 aromatic rings. The molecule has 3 atom stereocenters. The SMILES string of the molecule is CC(CC(=O)O)C1CCCN(C(=O)[C@H](C)N)C1. The molecular weight excluding hydrogens is 220 g/mol. The highest BCUT2D eigenvalue weighted by molar-refractivity contribution is 5.81. The van der Waals surface area contributed by atoms with Crippen LogP contribution >= 0.6 is 0 Å². The largest absolute Gasteiger partial charge is 0.481 e. The lowest BCUT2D eigenvalue weighted by molar-refractivity contribution is -0.138. The zero-order chi connectivity index (χ0) is 13.0. The molecule has 0 radical (unpaired) electrons. The number of amides is 1. The van der Waals surface area contributed by atoms with Crippen LogP contribution < -0.4 is 5.73 Å². The Bertz CT molecular complexity index is 291. The van der Waals surface area contributed by atoms with E-state index >= 15 is 0 Å². The van der Waals surface area contributed by atoms with Gasteiger partial charge in [0.05, 0.1) is 6.04 Å². The minimum Gasteiger partial charge on any atom is -0.481 e. The summed E-state index contributed by atoms with van der Waals surface area (Å²) in [6.45, 7) is 5.02. The molecule has 1 saturated heterocycles. The number of carboxylic acids is 1. The van der Waals surface area contributed by atoms with Crippen molar-refractivity contribution >= 4 is 11.9 Å². The van der Waals surface area contributed by atoms with Crippen molar-refractivity contribution in [2.24, 2.45) is 17.6 Å². The lowest BCUT2D eigenvalue weighted by Crippen LogP contribution is -2.47. The molecule has 98 valence electrons. The second-order valence-electron chi connectivity index (χ2n) is 5.05. The highest BCUT2D eigenvalue weighted by atomic mass is 16.4. The number of likely N-dealkylation sites (tertiary alicyclic amines) is 1. The Balaban J connectivity index is 2.54. The molecule has 2 unspecified atom stereocenters. The number of carbonyl (C=O) groups is 2. The maximum atomic E-state index is 11.8. The van der Waals surface area contributed by atoms with Gasteiger partial charge in [0.15, 0.2) is 0 Å². The van der Waals surface area contributed by atoms with E-state index in [4.69, 9.17) is 10.8 Å². The summed E-state index contributed by atoms with van der Waals surface area (Å²) in [5, 5.41) is 8.78. The lowest BCUT2D eigenvalue weighted by atomic mass is 9.84. The van der Waals surface area contributed by atoms with Crippen molar-refractivity contribution in [2.45, 2.75) is 39.2 Å². The van der Waals surface area contributed by atoms with Gasteiger partial charge in [0, 0.05) is 19.5 Å². The molecular formula is C12H22N2O3. The van der Waals surface area contributed by atoms with Crippen LogP contribution in [0.3, 0.4) is 0 Å². The maximum Gasteiger partial charge on any atom is 0.303 e. The van der Waals surface area contributed by atoms with Gasteiger partial charge in [-0.25, -0.2) is 0 Å². The van der Waals surface area contributed by atoms with Crippen molar-refractivity contribution in [1.29, 1.82) is 0 Å². The highest BCUT2D eigenvalue weighted by Gasteiger charge is 2.29. The van der Waals surface area contributed by atoms with Crippen LogP contribution in [-0.4, -0.2) is 41.0 Å². The molecule has 1 heterocycles. The molecule has 1 aliphatic heterocycles. The zero-order valence-electron chi connectivity index (χ0n) is 10.6. The first-order valence-corrected chi connectivity index (χ1v) is 6.18. The van der Waals surface area contributed by atoms with E-state index < -0.39 is 12.0 Å². The van der Waals surface area contributed by atoms with Gasteiger partial charge in [-0.15, -0.1) is 0 Å². The van der Waals surface area contributed by atoms with Crippen LogP contribution in [0.15, 0.2) is 0 Å². The Kier molecular flexibility index (Phi) is 4.93. The van der Waals surface area contributed by atoms with Crippen LogP contribution in [0.25, 0.3) is 0 Å². The molecule has 5 heteroatoms. The van der Waals surface area contributed by atoms with E-state index in [-0.39, 0.29) is 24.2 Å². The van der Waals surface area contributed by atoms with Gasteiger partial charge in [0.1, 0.15) is 0 Å². The normalized spacial score (nSPS) is 24.2. The number of nitrogens with zero attached hydrogens (tertiary/aromatic N) is 1. The predicted octanol–water partition coefficient (Wildman–Crippen LogP) is 0.683. The van der Waals surface area contributed by atoms with Crippen LogP contribution in [0.1, 0.15) is 33.1 Å². The second kappa shape index (κ2) is 6.00. The summed E-state index contributed by atoms with van der Waals surface area (Å²) >= 11 is 0. The summed E-state index contributed by atoms with van der Waals surface area (Å²) in [5.41, 5.74) is 5.58. The Morgan fingerprint density at radius 2 is 2.12 bits per heavy atom. The number of rotatable bonds is 4. The first-order chi connectivity index (χ1) is 7.91. The molecule has 1 aliphatic rings. The quantitative estimate of drug-likeness (QED) is 0.759. The summed E-state index contributed by atoms with van der Waals surface area (Å²) in [4.78, 5) is 24.2. The smallest absolute Gasteiger partial charge is 0.303 e. The zero-order valence-corrected chi connectivity index (χ0v) is 10.6. The molecule has 17 heavy (non-hydrogen) atoms. The molecule has 0 spiro atoms. The molecule has 1 amide bonds. The number of hydrogen-bond acceptors (Lipinski definition) is 3. The molecule has 0 bridgehead atoms. The molecule has 0 aromatic carbocycles. The number of carbonyl (C=O) groups excluding carboxylic acids is 1. The molecule has 1 fully saturated rings. The van der Waals surface area contributed by atoms with E-state index in [0.29, 0.717) is 6.54 Å². The summed E-state index contributed by atoms with van der Waals surface area (Å²) in [6.07, 6.45) is 2.11. The molecule has 3 N–H and O–H groups in total. The third-order valence-electron chi connectivity index (χ3n) is 3.46. The fourth-order valence-corrected chi connectivity index (χ4v) is 2.40. The third-order valence-corrected chi connectivity index (χ3v) is 3.46. The van der Waals surface area contributed by atoms with E-state index in [0.717, 1.165) is 19.4 Å². The number of nitrogens with two attached hydrogens (primary N) is 1. The van der Waals surface area contributed by atoms with Gasteiger partial charge >= 0.3 is 5.97 Å². The summed E-state index contributed by atoms with van der Waals surface area (Å²) in [7, 11) is 0. The number of piperidine rings is 1.